The standard InChI is InChI=1S/C29H27NO5/c1-30-13-12-28-20-15-8-9-18(33-2)25(20)35-26(28)29(34-3)11-10-27(28,19(30)14-15)21-22(29)24(32)17-7-5-4-6-16(17)23(21)31/h4-11,19,26,31-32H,12-14H2,1-3H3/t19-,26-,27+,28+,29+/m1/s1. The number of phenolic OH excluding ortho intramolecular Hbond substituents is 2. The molecule has 2 heterocycles. The third-order valence-corrected chi connectivity index (χ3v) is 9.91. The average Bonchev–Trinajstić information content (AvgIpc) is 3.26. The van der Waals surface area contributed by atoms with Crippen molar-refractivity contribution in [1.82, 2.24) is 4.90 Å². The van der Waals surface area contributed by atoms with Gasteiger partial charge in [-0.3, -0.25) is 0 Å². The van der Waals surface area contributed by atoms with Crippen LogP contribution in [0.2, 0.25) is 0 Å². The Bertz CT molecular complexity index is 1510. The number of hydrogen-bond acceptors (Lipinski definition) is 6. The Morgan fingerprint density at radius 1 is 0.971 bits per heavy atom. The first kappa shape index (κ1) is 20.0. The molecule has 35 heavy (non-hydrogen) atoms. The predicted octanol–water partition coefficient (Wildman–Crippen LogP) is 3.88. The molecule has 5 atom stereocenters. The summed E-state index contributed by atoms with van der Waals surface area (Å²) < 4.78 is 19.1. The van der Waals surface area contributed by atoms with Gasteiger partial charge in [0, 0.05) is 46.0 Å². The zero-order valence-corrected chi connectivity index (χ0v) is 20.0. The van der Waals surface area contributed by atoms with Crippen molar-refractivity contribution in [3.8, 4) is 23.0 Å². The minimum atomic E-state index is -1.05. The predicted molar refractivity (Wildman–Crippen MR) is 131 cm³/mol. The highest BCUT2D eigenvalue weighted by molar-refractivity contribution is 5.98. The third-order valence-electron chi connectivity index (χ3n) is 9.91. The van der Waals surface area contributed by atoms with Crippen molar-refractivity contribution in [3.05, 3.63) is 70.8 Å². The van der Waals surface area contributed by atoms with Crippen molar-refractivity contribution in [2.75, 3.05) is 27.8 Å². The molecule has 2 N–H and O–H groups in total. The molecule has 0 radical (unpaired) electrons. The van der Waals surface area contributed by atoms with Crippen molar-refractivity contribution in [2.24, 2.45) is 0 Å². The van der Waals surface area contributed by atoms with E-state index >= 15 is 0 Å². The van der Waals surface area contributed by atoms with E-state index in [-0.39, 0.29) is 17.5 Å². The highest BCUT2D eigenvalue weighted by Crippen LogP contribution is 2.76. The summed E-state index contributed by atoms with van der Waals surface area (Å²) in [7, 11) is 5.52. The molecule has 2 aliphatic heterocycles. The monoisotopic (exact) mass is 469 g/mol. The topological polar surface area (TPSA) is 71.4 Å². The molecule has 3 aromatic rings. The number of rotatable bonds is 2. The maximum atomic E-state index is 12.0. The second-order valence-corrected chi connectivity index (χ2v) is 10.7. The van der Waals surface area contributed by atoms with Gasteiger partial charge in [0.1, 0.15) is 17.6 Å². The van der Waals surface area contributed by atoms with Gasteiger partial charge in [-0.25, -0.2) is 0 Å². The molecular formula is C29H27NO5. The number of methoxy groups -OCH3 is 2. The summed E-state index contributed by atoms with van der Waals surface area (Å²) in [5.74, 6) is 1.89. The molecule has 0 amide bonds. The number of benzene rings is 3. The van der Waals surface area contributed by atoms with Gasteiger partial charge in [-0.1, -0.05) is 36.4 Å². The summed E-state index contributed by atoms with van der Waals surface area (Å²) >= 11 is 0. The van der Waals surface area contributed by atoms with Crippen LogP contribution in [-0.4, -0.2) is 55.1 Å². The first-order chi connectivity index (χ1) is 17.0. The number of nitrogens with zero attached hydrogens (tertiary/aromatic N) is 1. The third kappa shape index (κ3) is 1.78. The van der Waals surface area contributed by atoms with Gasteiger partial charge in [-0.05, 0) is 44.1 Å². The Labute approximate surface area is 203 Å². The summed E-state index contributed by atoms with van der Waals surface area (Å²) in [4.78, 5) is 2.42. The van der Waals surface area contributed by atoms with Crippen LogP contribution in [0.3, 0.4) is 0 Å². The van der Waals surface area contributed by atoms with Gasteiger partial charge in [-0.2, -0.15) is 0 Å². The highest BCUT2D eigenvalue weighted by atomic mass is 16.6. The SMILES string of the molecule is COc1ccc2c3c1O[C@H]1[C@]4(OC)C=C[C@@]5(c6c4c(O)c4ccccc4c6O)[C@@H](C2)N(C)CC[C@]315. The summed E-state index contributed by atoms with van der Waals surface area (Å²) in [6.45, 7) is 0.908. The van der Waals surface area contributed by atoms with Crippen LogP contribution in [0.4, 0.5) is 0 Å². The van der Waals surface area contributed by atoms with Crippen molar-refractivity contribution in [2.45, 2.75) is 41.4 Å². The minimum Gasteiger partial charge on any atom is -0.507 e. The van der Waals surface area contributed by atoms with Gasteiger partial charge in [0.25, 0.3) is 0 Å². The van der Waals surface area contributed by atoms with Gasteiger partial charge in [-0.15, -0.1) is 0 Å². The number of fused-ring (bicyclic) bond motifs is 1. The van der Waals surface area contributed by atoms with E-state index in [9.17, 15) is 10.2 Å². The fraction of sp³-hybridized carbons (Fsp3) is 0.379. The summed E-state index contributed by atoms with van der Waals surface area (Å²) in [6, 6.07) is 11.8. The van der Waals surface area contributed by atoms with Gasteiger partial charge in [0.15, 0.2) is 17.1 Å². The Morgan fingerprint density at radius 2 is 1.71 bits per heavy atom. The van der Waals surface area contributed by atoms with Gasteiger partial charge in [0.2, 0.25) is 0 Å². The van der Waals surface area contributed by atoms with Crippen molar-refractivity contribution in [3.63, 3.8) is 0 Å². The fourth-order valence-corrected chi connectivity index (χ4v) is 8.66. The van der Waals surface area contributed by atoms with Gasteiger partial charge >= 0.3 is 0 Å². The number of piperidine rings is 1. The molecule has 6 aliphatic rings. The zero-order chi connectivity index (χ0) is 23.9. The summed E-state index contributed by atoms with van der Waals surface area (Å²) in [5.41, 5.74) is 1.79. The fourth-order valence-electron chi connectivity index (χ4n) is 8.66. The Balaban J connectivity index is 1.61. The smallest absolute Gasteiger partial charge is 0.166 e. The molecule has 4 aliphatic carbocycles. The van der Waals surface area contributed by atoms with Crippen LogP contribution in [0.5, 0.6) is 23.0 Å². The largest absolute Gasteiger partial charge is 0.507 e. The minimum absolute atomic E-state index is 0.0887. The van der Waals surface area contributed by atoms with E-state index in [1.165, 1.54) is 11.1 Å². The molecule has 0 unspecified atom stereocenters. The molecule has 0 aromatic heterocycles. The Hall–Kier alpha value is -3.22. The normalized spacial score (nSPS) is 35.1. The number of likely N-dealkylation sites (N-methyl/N-ethyl adjacent to an activating group) is 1. The van der Waals surface area contributed by atoms with E-state index in [2.05, 4.69) is 30.2 Å². The van der Waals surface area contributed by atoms with Crippen LogP contribution in [-0.2, 0) is 27.6 Å². The second kappa shape index (κ2) is 5.94. The molecular weight excluding hydrogens is 442 g/mol. The zero-order valence-electron chi connectivity index (χ0n) is 20.0. The lowest BCUT2D eigenvalue weighted by Gasteiger charge is -2.69. The van der Waals surface area contributed by atoms with E-state index < -0.39 is 22.5 Å². The number of ether oxygens (including phenoxy) is 3. The molecule has 6 nitrogen and oxygen atoms in total. The number of likely N-dealkylation sites (tertiary alicyclic amines) is 1. The molecule has 4 bridgehead atoms. The quantitative estimate of drug-likeness (QED) is 0.439. The molecule has 1 saturated heterocycles. The lowest BCUT2D eigenvalue weighted by atomic mass is 9.37. The second-order valence-electron chi connectivity index (χ2n) is 10.7. The molecule has 6 heteroatoms. The Morgan fingerprint density at radius 3 is 2.43 bits per heavy atom. The number of aromatic hydroxyl groups is 2. The maximum Gasteiger partial charge on any atom is 0.166 e. The van der Waals surface area contributed by atoms with Crippen LogP contribution in [0.15, 0.2) is 48.6 Å². The van der Waals surface area contributed by atoms with Crippen LogP contribution in [0.25, 0.3) is 10.8 Å². The number of phenols is 2. The molecule has 0 saturated carbocycles. The van der Waals surface area contributed by atoms with E-state index in [1.807, 2.05) is 30.3 Å². The van der Waals surface area contributed by atoms with Crippen molar-refractivity contribution < 1.29 is 24.4 Å². The Kier molecular flexibility index (Phi) is 3.40. The van der Waals surface area contributed by atoms with Crippen LogP contribution >= 0.6 is 0 Å². The van der Waals surface area contributed by atoms with E-state index in [1.54, 1.807) is 14.2 Å². The molecule has 2 spiro atoms. The lowest BCUT2D eigenvalue weighted by molar-refractivity contribution is -0.145. The van der Waals surface area contributed by atoms with Crippen LogP contribution in [0.1, 0.15) is 28.7 Å². The summed E-state index contributed by atoms with van der Waals surface area (Å²) in [6.07, 6.45) is 5.62. The van der Waals surface area contributed by atoms with Crippen LogP contribution in [0, 0.1) is 0 Å². The van der Waals surface area contributed by atoms with E-state index in [0.29, 0.717) is 22.1 Å². The average molecular weight is 470 g/mol. The first-order valence-corrected chi connectivity index (χ1v) is 12.3. The van der Waals surface area contributed by atoms with Gasteiger partial charge in [0.05, 0.1) is 12.5 Å². The van der Waals surface area contributed by atoms with E-state index in [0.717, 1.165) is 30.7 Å². The molecule has 9 rings (SSSR count). The molecule has 3 aromatic carbocycles. The maximum absolute atomic E-state index is 12.0. The number of hydrogen-bond donors (Lipinski definition) is 2. The van der Waals surface area contributed by atoms with E-state index in [4.69, 9.17) is 14.2 Å². The van der Waals surface area contributed by atoms with Crippen molar-refractivity contribution >= 4 is 10.8 Å². The highest BCUT2D eigenvalue weighted by Gasteiger charge is 2.79. The van der Waals surface area contributed by atoms with Crippen molar-refractivity contribution in [1.29, 1.82) is 0 Å². The lowest BCUT2D eigenvalue weighted by Crippen LogP contribution is -2.77. The summed E-state index contributed by atoms with van der Waals surface area (Å²) in [5, 5.41) is 25.1. The molecule has 1 fully saturated rings. The van der Waals surface area contributed by atoms with Gasteiger partial charge < -0.3 is 29.3 Å². The first-order valence-electron chi connectivity index (χ1n) is 12.3. The molecule has 178 valence electrons. The van der Waals surface area contributed by atoms with Crippen LogP contribution < -0.4 is 9.47 Å².